The molecule has 0 saturated heterocycles. The third-order valence-corrected chi connectivity index (χ3v) is 2.59. The Labute approximate surface area is 144 Å². The number of hydrogen-bond acceptors (Lipinski definition) is 3. The highest BCUT2D eigenvalue weighted by Gasteiger charge is 2.08. The second-order valence-corrected chi connectivity index (χ2v) is 5.08. The van der Waals surface area contributed by atoms with Gasteiger partial charge in [0.25, 0.3) is 0 Å². The number of para-hydroxylation sites is 2. The van der Waals surface area contributed by atoms with Gasteiger partial charge in [-0.1, -0.05) is 26.0 Å². The highest BCUT2D eigenvalue weighted by molar-refractivity contribution is 14.0. The fourth-order valence-corrected chi connectivity index (χ4v) is 1.56. The molecule has 0 heterocycles. The minimum atomic E-state index is -0.0425. The molecule has 0 saturated carbocycles. The van der Waals surface area contributed by atoms with E-state index < -0.39 is 0 Å². The lowest BCUT2D eigenvalue weighted by atomic mass is 10.2. The molecule has 0 aliphatic rings. The van der Waals surface area contributed by atoms with Gasteiger partial charge in [-0.15, -0.1) is 24.0 Å². The number of methoxy groups -OCH3 is 1. The summed E-state index contributed by atoms with van der Waals surface area (Å²) in [4.78, 5) is 4.24. The molecule has 1 rings (SSSR count). The van der Waals surface area contributed by atoms with Crippen LogP contribution in [0.1, 0.15) is 20.8 Å². The first-order chi connectivity index (χ1) is 9.52. The quantitative estimate of drug-likeness (QED) is 0.414. The van der Waals surface area contributed by atoms with Crippen molar-refractivity contribution in [3.05, 3.63) is 24.3 Å². The summed E-state index contributed by atoms with van der Waals surface area (Å²) in [5.74, 6) is 2.40. The maximum atomic E-state index is 5.81. The predicted molar refractivity (Wildman–Crippen MR) is 97.8 cm³/mol. The average Bonchev–Trinajstić information content (AvgIpc) is 2.43. The van der Waals surface area contributed by atoms with Crippen LogP contribution in [0, 0.1) is 5.92 Å². The van der Waals surface area contributed by atoms with E-state index in [-0.39, 0.29) is 30.1 Å². The van der Waals surface area contributed by atoms with E-state index in [0.717, 1.165) is 18.0 Å². The Kier molecular flexibility index (Phi) is 9.94. The van der Waals surface area contributed by atoms with Gasteiger partial charge in [-0.25, -0.2) is 0 Å². The van der Waals surface area contributed by atoms with E-state index in [2.05, 4.69) is 24.2 Å². The monoisotopic (exact) mass is 407 g/mol. The summed E-state index contributed by atoms with van der Waals surface area (Å²) >= 11 is 0. The van der Waals surface area contributed by atoms with Crippen LogP contribution in [0.3, 0.4) is 0 Å². The number of nitrogens with two attached hydrogens (primary N) is 1. The molecular weight excluding hydrogens is 381 g/mol. The predicted octanol–water partition coefficient (Wildman–Crippen LogP) is 2.64. The number of ether oxygens (including phenoxy) is 2. The molecule has 6 heteroatoms. The van der Waals surface area contributed by atoms with E-state index in [4.69, 9.17) is 15.2 Å². The Balaban J connectivity index is 0.00000400. The molecule has 0 radical (unpaired) electrons. The Bertz CT molecular complexity index is 439. The van der Waals surface area contributed by atoms with Gasteiger partial charge in [-0.2, -0.15) is 0 Å². The molecule has 0 aliphatic heterocycles. The van der Waals surface area contributed by atoms with Crippen LogP contribution in [0.15, 0.2) is 29.3 Å². The first-order valence-electron chi connectivity index (χ1n) is 6.86. The fourth-order valence-electron chi connectivity index (χ4n) is 1.56. The minimum Gasteiger partial charge on any atom is -0.493 e. The van der Waals surface area contributed by atoms with Crippen molar-refractivity contribution in [2.24, 2.45) is 16.6 Å². The number of hydrogen-bond donors (Lipinski definition) is 2. The van der Waals surface area contributed by atoms with E-state index in [9.17, 15) is 0 Å². The van der Waals surface area contributed by atoms with E-state index in [1.165, 1.54) is 0 Å². The third-order valence-electron chi connectivity index (χ3n) is 2.59. The van der Waals surface area contributed by atoms with Crippen molar-refractivity contribution in [3.8, 4) is 11.5 Å². The van der Waals surface area contributed by atoms with Crippen LogP contribution in [0.4, 0.5) is 0 Å². The smallest absolute Gasteiger partial charge is 0.188 e. The van der Waals surface area contributed by atoms with Gasteiger partial charge in [-0.3, -0.25) is 4.99 Å². The summed E-state index contributed by atoms with van der Waals surface area (Å²) in [6.07, 6.45) is -0.0425. The first kappa shape index (κ1) is 19.8. The molecule has 1 unspecified atom stereocenters. The maximum absolute atomic E-state index is 5.81. The zero-order valence-corrected chi connectivity index (χ0v) is 15.5. The number of aliphatic imine (C=N–C) groups is 1. The van der Waals surface area contributed by atoms with Crippen LogP contribution < -0.4 is 20.5 Å². The summed E-state index contributed by atoms with van der Waals surface area (Å²) in [6.45, 7) is 7.48. The summed E-state index contributed by atoms with van der Waals surface area (Å²) in [5.41, 5.74) is 5.78. The molecule has 0 fully saturated rings. The van der Waals surface area contributed by atoms with Crippen molar-refractivity contribution < 1.29 is 9.47 Å². The van der Waals surface area contributed by atoms with Crippen LogP contribution >= 0.6 is 24.0 Å². The number of nitrogens with zero attached hydrogens (tertiary/aromatic N) is 1. The topological polar surface area (TPSA) is 68.9 Å². The van der Waals surface area contributed by atoms with Gasteiger partial charge >= 0.3 is 0 Å². The Morgan fingerprint density at radius 3 is 2.43 bits per heavy atom. The van der Waals surface area contributed by atoms with Gasteiger partial charge in [0.2, 0.25) is 0 Å². The molecule has 0 amide bonds. The van der Waals surface area contributed by atoms with Crippen LogP contribution in [-0.4, -0.2) is 32.3 Å². The first-order valence-corrected chi connectivity index (χ1v) is 6.86. The molecule has 21 heavy (non-hydrogen) atoms. The molecule has 0 aromatic heterocycles. The van der Waals surface area contributed by atoms with Gasteiger partial charge in [-0.05, 0) is 25.0 Å². The normalized spacial score (nSPS) is 12.5. The second-order valence-electron chi connectivity index (χ2n) is 5.08. The number of rotatable bonds is 7. The summed E-state index contributed by atoms with van der Waals surface area (Å²) in [7, 11) is 1.63. The van der Waals surface area contributed by atoms with Crippen molar-refractivity contribution in [2.75, 3.05) is 20.2 Å². The van der Waals surface area contributed by atoms with E-state index >= 15 is 0 Å². The van der Waals surface area contributed by atoms with Gasteiger partial charge in [0.15, 0.2) is 17.5 Å². The summed E-state index contributed by atoms with van der Waals surface area (Å²) in [5, 5.41) is 3.06. The number of nitrogens with one attached hydrogen (secondary N) is 1. The van der Waals surface area contributed by atoms with Crippen molar-refractivity contribution in [2.45, 2.75) is 26.9 Å². The van der Waals surface area contributed by atoms with Crippen LogP contribution in [0.25, 0.3) is 0 Å². The summed E-state index contributed by atoms with van der Waals surface area (Å²) < 4.78 is 11.1. The molecule has 120 valence electrons. The Morgan fingerprint density at radius 2 is 1.86 bits per heavy atom. The molecule has 0 spiro atoms. The lowest BCUT2D eigenvalue weighted by Crippen LogP contribution is -2.38. The minimum absolute atomic E-state index is 0. The van der Waals surface area contributed by atoms with Crippen LogP contribution in [0.2, 0.25) is 0 Å². The van der Waals surface area contributed by atoms with Gasteiger partial charge < -0.3 is 20.5 Å². The van der Waals surface area contributed by atoms with E-state index in [1.807, 2.05) is 31.2 Å². The lowest BCUT2D eigenvalue weighted by Gasteiger charge is -2.17. The standard InChI is InChI=1S/C15H25N3O2.HI/c1-11(2)9-17-15(16)18-10-12(3)20-14-8-6-5-7-13(14)19-4;/h5-8,11-12H,9-10H2,1-4H3,(H3,16,17,18);1H. The Hall–Kier alpha value is -1.18. The van der Waals surface area contributed by atoms with Gasteiger partial charge in [0, 0.05) is 6.54 Å². The fraction of sp³-hybridized carbons (Fsp3) is 0.533. The zero-order valence-electron chi connectivity index (χ0n) is 13.1. The molecular formula is C15H26IN3O2. The lowest BCUT2D eigenvalue weighted by molar-refractivity contribution is 0.214. The molecule has 1 aromatic rings. The SMILES string of the molecule is COc1ccccc1OC(C)CNC(N)=NCC(C)C.I. The maximum Gasteiger partial charge on any atom is 0.188 e. The zero-order chi connectivity index (χ0) is 15.0. The number of guanidine groups is 1. The van der Waals surface area contributed by atoms with E-state index in [0.29, 0.717) is 18.4 Å². The van der Waals surface area contributed by atoms with Gasteiger partial charge in [0.05, 0.1) is 13.7 Å². The molecule has 3 N–H and O–H groups in total. The van der Waals surface area contributed by atoms with Crippen molar-refractivity contribution in [3.63, 3.8) is 0 Å². The van der Waals surface area contributed by atoms with E-state index in [1.54, 1.807) is 7.11 Å². The molecule has 1 aromatic carbocycles. The van der Waals surface area contributed by atoms with Crippen molar-refractivity contribution in [1.29, 1.82) is 0 Å². The van der Waals surface area contributed by atoms with Crippen LogP contribution in [0.5, 0.6) is 11.5 Å². The summed E-state index contributed by atoms with van der Waals surface area (Å²) in [6, 6.07) is 7.57. The largest absolute Gasteiger partial charge is 0.493 e. The third kappa shape index (κ3) is 7.99. The number of halogens is 1. The molecule has 1 atom stereocenters. The van der Waals surface area contributed by atoms with Crippen molar-refractivity contribution in [1.82, 2.24) is 5.32 Å². The molecule has 0 aliphatic carbocycles. The highest BCUT2D eigenvalue weighted by atomic mass is 127. The highest BCUT2D eigenvalue weighted by Crippen LogP contribution is 2.26. The second kappa shape index (κ2) is 10.5. The Morgan fingerprint density at radius 1 is 1.24 bits per heavy atom. The van der Waals surface area contributed by atoms with Crippen LogP contribution in [-0.2, 0) is 0 Å². The molecule has 5 nitrogen and oxygen atoms in total. The number of benzene rings is 1. The molecule has 0 bridgehead atoms. The van der Waals surface area contributed by atoms with Gasteiger partial charge in [0.1, 0.15) is 6.10 Å². The average molecular weight is 407 g/mol. The van der Waals surface area contributed by atoms with Crippen molar-refractivity contribution >= 4 is 29.9 Å².